The van der Waals surface area contributed by atoms with Gasteiger partial charge in [0.25, 0.3) is 0 Å². The van der Waals surface area contributed by atoms with Crippen molar-refractivity contribution in [2.45, 2.75) is 64.5 Å². The number of nitrogens with zero attached hydrogens (tertiary/aromatic N) is 3. The Hall–Kier alpha value is -3.84. The summed E-state index contributed by atoms with van der Waals surface area (Å²) in [5, 5.41) is 19.9. The van der Waals surface area contributed by atoms with Gasteiger partial charge < -0.3 is 20.7 Å². The molecule has 2 aliphatic rings. The van der Waals surface area contributed by atoms with E-state index >= 15 is 0 Å². The molecule has 41 heavy (non-hydrogen) atoms. The topological polar surface area (TPSA) is 94.9 Å². The first kappa shape index (κ1) is 28.7. The molecule has 0 radical (unpaired) electrons. The Labute approximate surface area is 238 Å². The molecule has 3 aromatic rings. The second-order valence-corrected chi connectivity index (χ2v) is 11.5. The molecule has 4 atom stereocenters. The summed E-state index contributed by atoms with van der Waals surface area (Å²) in [5.41, 5.74) is 1.97. The van der Waals surface area contributed by atoms with Crippen molar-refractivity contribution in [3.05, 3.63) is 77.5 Å². The molecule has 0 spiro atoms. The normalized spacial score (nSPS) is 23.8. The first-order chi connectivity index (χ1) is 19.7. The second-order valence-electron chi connectivity index (χ2n) is 11.5. The lowest BCUT2D eigenvalue weighted by Crippen LogP contribution is -2.52. The zero-order chi connectivity index (χ0) is 28.9. The van der Waals surface area contributed by atoms with E-state index in [2.05, 4.69) is 67.9 Å². The Morgan fingerprint density at radius 1 is 1.00 bits per heavy atom. The minimum absolute atomic E-state index is 0.0238. The largest absolute Gasteiger partial charge is 0.573 e. The minimum atomic E-state index is -4.79. The van der Waals surface area contributed by atoms with Crippen LogP contribution in [-0.4, -0.2) is 28.9 Å². The molecule has 10 heteroatoms. The molecule has 3 N–H and O–H groups in total. The van der Waals surface area contributed by atoms with Gasteiger partial charge in [-0.05, 0) is 54.6 Å². The summed E-state index contributed by atoms with van der Waals surface area (Å²) in [5.74, 6) is 1.53. The number of alkyl halides is 3. The van der Waals surface area contributed by atoms with Crippen LogP contribution in [0.2, 0.25) is 0 Å². The average Bonchev–Trinajstić information content (AvgIpc) is 2.94. The Balaban J connectivity index is 1.22. The fraction of sp³-hybridized carbons (Fsp3) is 0.452. The van der Waals surface area contributed by atoms with Crippen molar-refractivity contribution >= 4 is 11.8 Å². The molecular weight excluding hydrogens is 529 g/mol. The first-order valence-electron chi connectivity index (χ1n) is 14.1. The van der Waals surface area contributed by atoms with E-state index in [0.29, 0.717) is 41.4 Å². The van der Waals surface area contributed by atoms with E-state index in [-0.39, 0.29) is 23.7 Å². The smallest absolute Gasteiger partial charge is 0.405 e. The van der Waals surface area contributed by atoms with Gasteiger partial charge in [-0.2, -0.15) is 10.2 Å². The maximum Gasteiger partial charge on any atom is 0.573 e. The van der Waals surface area contributed by atoms with Crippen molar-refractivity contribution in [3.8, 4) is 11.8 Å². The fourth-order valence-corrected chi connectivity index (χ4v) is 6.53. The summed E-state index contributed by atoms with van der Waals surface area (Å²) in [6.07, 6.45) is 2.49. The number of rotatable bonds is 10. The number of benzene rings is 2. The highest BCUT2D eigenvalue weighted by Gasteiger charge is 2.45. The summed E-state index contributed by atoms with van der Waals surface area (Å²) in [6.45, 7) is 3.88. The molecule has 0 aliphatic heterocycles. The zero-order valence-electron chi connectivity index (χ0n) is 23.0. The monoisotopic (exact) mass is 564 g/mol. The zero-order valence-corrected chi connectivity index (χ0v) is 23.0. The molecule has 2 fully saturated rings. The number of nitrogens with one attached hydrogen (secondary N) is 3. The van der Waals surface area contributed by atoms with E-state index in [9.17, 15) is 18.4 Å². The van der Waals surface area contributed by atoms with Gasteiger partial charge in [0.15, 0.2) is 0 Å². The highest BCUT2D eigenvalue weighted by molar-refractivity contribution is 5.53. The van der Waals surface area contributed by atoms with Crippen LogP contribution in [0.3, 0.4) is 0 Å². The third-order valence-electron chi connectivity index (χ3n) is 8.29. The molecule has 2 saturated carbocycles. The molecule has 0 amide bonds. The van der Waals surface area contributed by atoms with Crippen LogP contribution in [0.25, 0.3) is 0 Å². The number of hydrogen-bond donors (Lipinski definition) is 3. The van der Waals surface area contributed by atoms with E-state index in [0.717, 1.165) is 19.4 Å². The van der Waals surface area contributed by atoms with E-state index in [1.54, 1.807) is 12.1 Å². The van der Waals surface area contributed by atoms with Crippen LogP contribution < -0.4 is 20.7 Å². The van der Waals surface area contributed by atoms with Crippen LogP contribution >= 0.6 is 0 Å². The van der Waals surface area contributed by atoms with Gasteiger partial charge in [0.2, 0.25) is 5.95 Å². The van der Waals surface area contributed by atoms with Gasteiger partial charge in [0.1, 0.15) is 23.2 Å². The van der Waals surface area contributed by atoms with E-state index in [4.69, 9.17) is 0 Å². The van der Waals surface area contributed by atoms with Gasteiger partial charge in [-0.1, -0.05) is 61.9 Å². The van der Waals surface area contributed by atoms with Gasteiger partial charge in [-0.15, -0.1) is 13.2 Å². The summed E-state index contributed by atoms with van der Waals surface area (Å²) < 4.78 is 42.5. The van der Waals surface area contributed by atoms with Crippen LogP contribution in [0, 0.1) is 28.6 Å². The molecule has 1 unspecified atom stereocenters. The molecule has 216 valence electrons. The van der Waals surface area contributed by atoms with E-state index in [1.807, 2.05) is 6.07 Å². The summed E-state index contributed by atoms with van der Waals surface area (Å²) in [6, 6.07) is 19.1. The predicted octanol–water partition coefficient (Wildman–Crippen LogP) is 6.65. The lowest BCUT2D eigenvalue weighted by Gasteiger charge is -2.51. The number of anilines is 2. The number of para-hydroxylation sites is 1. The van der Waals surface area contributed by atoms with Crippen molar-refractivity contribution in [3.63, 3.8) is 0 Å². The molecular formula is C31H35F3N6O. The molecule has 2 aliphatic carbocycles. The van der Waals surface area contributed by atoms with Crippen LogP contribution in [0.4, 0.5) is 24.9 Å². The number of hydrogen-bond acceptors (Lipinski definition) is 7. The van der Waals surface area contributed by atoms with E-state index in [1.165, 1.54) is 43.2 Å². The van der Waals surface area contributed by atoms with Crippen molar-refractivity contribution < 1.29 is 17.9 Å². The van der Waals surface area contributed by atoms with Crippen LogP contribution in [0.15, 0.2) is 60.8 Å². The Morgan fingerprint density at radius 2 is 1.71 bits per heavy atom. The molecule has 0 saturated heterocycles. The number of nitriles is 1. The second kappa shape index (κ2) is 12.4. The van der Waals surface area contributed by atoms with Crippen LogP contribution in [0.1, 0.15) is 55.7 Å². The number of fused-ring (bicyclic) bond motifs is 2. The summed E-state index contributed by atoms with van der Waals surface area (Å²) in [4.78, 5) is 8.68. The van der Waals surface area contributed by atoms with Gasteiger partial charge in [-0.3, -0.25) is 0 Å². The molecule has 1 aromatic heterocycles. The maximum atomic E-state index is 12.8. The Kier molecular flexibility index (Phi) is 8.64. The van der Waals surface area contributed by atoms with Crippen molar-refractivity contribution in [2.24, 2.45) is 17.3 Å². The molecule has 2 bridgehead atoms. The Morgan fingerprint density at radius 3 is 2.41 bits per heavy atom. The van der Waals surface area contributed by atoms with Gasteiger partial charge in [0, 0.05) is 31.2 Å². The number of ether oxygens (including phenoxy) is 1. The average molecular weight is 565 g/mol. The van der Waals surface area contributed by atoms with Gasteiger partial charge in [0.05, 0.1) is 6.20 Å². The number of halogens is 3. The highest BCUT2D eigenvalue weighted by atomic mass is 19.4. The highest BCUT2D eigenvalue weighted by Crippen LogP contribution is 2.49. The van der Waals surface area contributed by atoms with Crippen molar-refractivity contribution in [1.29, 1.82) is 5.26 Å². The predicted molar refractivity (Wildman–Crippen MR) is 151 cm³/mol. The quantitative estimate of drug-likeness (QED) is 0.254. The van der Waals surface area contributed by atoms with Crippen molar-refractivity contribution in [2.75, 3.05) is 17.2 Å². The summed E-state index contributed by atoms with van der Waals surface area (Å²) in [7, 11) is 0. The molecule has 5 rings (SSSR count). The third kappa shape index (κ3) is 7.47. The maximum absolute atomic E-state index is 12.8. The number of aromatic nitrogens is 2. The minimum Gasteiger partial charge on any atom is -0.405 e. The molecule has 1 heterocycles. The molecule has 2 aromatic carbocycles. The van der Waals surface area contributed by atoms with Gasteiger partial charge >= 0.3 is 6.36 Å². The standard InChI is InChI=1S/C31H35F3N6O/c1-30(14-22-11-7-12-23(15-30)27(22)36-17-21-8-3-2-4-9-21)20-39-28-25(16-35)19-38-29(40-28)37-18-24-10-5-6-13-26(24)41-31(32,33)34/h2-6,8-10,13,19,22-23,27,36H,7,11-12,14-15,17-18,20H2,1H3,(H2,37,38,39,40)/t22-,23+,27-,30?. The third-order valence-corrected chi connectivity index (χ3v) is 8.29. The van der Waals surface area contributed by atoms with Crippen LogP contribution in [0.5, 0.6) is 5.75 Å². The fourth-order valence-electron chi connectivity index (χ4n) is 6.53. The summed E-state index contributed by atoms with van der Waals surface area (Å²) >= 11 is 0. The van der Waals surface area contributed by atoms with Crippen LogP contribution in [-0.2, 0) is 13.1 Å². The van der Waals surface area contributed by atoms with Crippen molar-refractivity contribution in [1.82, 2.24) is 15.3 Å². The van der Waals surface area contributed by atoms with Gasteiger partial charge in [-0.25, -0.2) is 4.98 Å². The first-order valence-corrected chi connectivity index (χ1v) is 14.1. The van der Waals surface area contributed by atoms with E-state index < -0.39 is 6.36 Å². The lowest BCUT2D eigenvalue weighted by atomic mass is 9.59. The lowest BCUT2D eigenvalue weighted by molar-refractivity contribution is -0.274. The SMILES string of the molecule is CC1(CNc2nc(NCc3ccccc3OC(F)(F)F)ncc2C#N)C[C@H]2CCC[C@@H](C1)[C@@H]2NCc1ccccc1. The Bertz CT molecular complexity index is 1350. The molecule has 7 nitrogen and oxygen atoms in total.